The highest BCUT2D eigenvalue weighted by atomic mass is 16.5. The number of allylic oxidation sites excluding steroid dienone is 1. The summed E-state index contributed by atoms with van der Waals surface area (Å²) >= 11 is 0. The predicted molar refractivity (Wildman–Crippen MR) is 97.0 cm³/mol. The first kappa shape index (κ1) is 19.0. The smallest absolute Gasteiger partial charge is 0.122 e. The fraction of sp³-hybridized carbons (Fsp3) is 0.600. The predicted octanol–water partition coefficient (Wildman–Crippen LogP) is 1.81. The van der Waals surface area contributed by atoms with E-state index in [1.54, 1.807) is 4.90 Å². The second-order valence-corrected chi connectivity index (χ2v) is 6.73. The highest BCUT2D eigenvalue weighted by Gasteiger charge is 2.24. The van der Waals surface area contributed by atoms with E-state index in [0.717, 1.165) is 38.4 Å². The maximum atomic E-state index is 5.87. The van der Waals surface area contributed by atoms with Crippen molar-refractivity contribution in [1.82, 2.24) is 0 Å². The number of hydrogen-bond acceptors (Lipinski definition) is 3. The zero-order valence-electron chi connectivity index (χ0n) is 15.3. The SMILES string of the molecule is C=CCc1cc(C)ccc1OCCOCC[NH+]1C[C@@H](C)O[C@H](C)C1. The Labute approximate surface area is 146 Å². The van der Waals surface area contributed by atoms with Gasteiger partial charge in [-0.3, -0.25) is 0 Å². The molecule has 0 bridgehead atoms. The van der Waals surface area contributed by atoms with Crippen molar-refractivity contribution in [3.63, 3.8) is 0 Å². The van der Waals surface area contributed by atoms with Crippen LogP contribution in [0.4, 0.5) is 0 Å². The van der Waals surface area contributed by atoms with Crippen molar-refractivity contribution in [2.24, 2.45) is 0 Å². The minimum Gasteiger partial charge on any atom is -0.491 e. The van der Waals surface area contributed by atoms with Crippen LogP contribution in [-0.4, -0.2) is 51.7 Å². The van der Waals surface area contributed by atoms with Crippen LogP contribution in [0.25, 0.3) is 0 Å². The molecule has 0 aromatic heterocycles. The molecule has 2 atom stereocenters. The number of quaternary nitrogens is 1. The Morgan fingerprint density at radius 1 is 1.21 bits per heavy atom. The summed E-state index contributed by atoms with van der Waals surface area (Å²) in [7, 11) is 0. The van der Waals surface area contributed by atoms with E-state index in [1.807, 2.05) is 12.1 Å². The average molecular weight is 334 g/mol. The van der Waals surface area contributed by atoms with E-state index >= 15 is 0 Å². The zero-order chi connectivity index (χ0) is 17.4. The molecule has 2 rings (SSSR count). The normalized spacial score (nSPS) is 23.9. The van der Waals surface area contributed by atoms with E-state index in [1.165, 1.54) is 11.1 Å². The minimum absolute atomic E-state index is 0.344. The zero-order valence-corrected chi connectivity index (χ0v) is 15.3. The van der Waals surface area contributed by atoms with Gasteiger partial charge in [-0.2, -0.15) is 0 Å². The van der Waals surface area contributed by atoms with Crippen LogP contribution in [0, 0.1) is 6.92 Å². The van der Waals surface area contributed by atoms with E-state index in [2.05, 4.69) is 39.5 Å². The van der Waals surface area contributed by atoms with Crippen LogP contribution in [-0.2, 0) is 15.9 Å². The van der Waals surface area contributed by atoms with Crippen LogP contribution in [0.3, 0.4) is 0 Å². The van der Waals surface area contributed by atoms with Gasteiger partial charge >= 0.3 is 0 Å². The van der Waals surface area contributed by atoms with E-state index in [4.69, 9.17) is 14.2 Å². The van der Waals surface area contributed by atoms with Crippen molar-refractivity contribution in [2.75, 3.05) is 39.5 Å². The number of benzene rings is 1. The molecule has 4 nitrogen and oxygen atoms in total. The van der Waals surface area contributed by atoms with E-state index in [-0.39, 0.29) is 0 Å². The van der Waals surface area contributed by atoms with Gasteiger partial charge in [0, 0.05) is 0 Å². The van der Waals surface area contributed by atoms with Crippen LogP contribution < -0.4 is 9.64 Å². The van der Waals surface area contributed by atoms with Crippen LogP contribution in [0.15, 0.2) is 30.9 Å². The van der Waals surface area contributed by atoms with Crippen LogP contribution in [0.5, 0.6) is 5.75 Å². The number of aryl methyl sites for hydroxylation is 1. The molecule has 0 aliphatic carbocycles. The fourth-order valence-electron chi connectivity index (χ4n) is 3.29. The summed E-state index contributed by atoms with van der Waals surface area (Å²) in [5, 5.41) is 0. The third-order valence-corrected chi connectivity index (χ3v) is 4.28. The van der Waals surface area contributed by atoms with Gasteiger partial charge in [-0.05, 0) is 38.8 Å². The van der Waals surface area contributed by atoms with Gasteiger partial charge in [-0.1, -0.05) is 23.8 Å². The standard InChI is InChI=1S/C20H31NO3/c1-5-6-19-13-16(2)7-8-20(19)23-12-11-22-10-9-21-14-17(3)24-18(4)15-21/h5,7-8,13,17-18H,1,6,9-12,14-15H2,2-4H3/p+1/t17-,18-/m1/s1. The van der Waals surface area contributed by atoms with Crippen LogP contribution in [0.1, 0.15) is 25.0 Å². The average Bonchev–Trinajstić information content (AvgIpc) is 2.52. The molecule has 1 N–H and O–H groups in total. The van der Waals surface area contributed by atoms with Gasteiger partial charge in [-0.25, -0.2) is 0 Å². The molecule has 4 heteroatoms. The summed E-state index contributed by atoms with van der Waals surface area (Å²) in [4.78, 5) is 1.56. The molecular formula is C20H32NO3+. The summed E-state index contributed by atoms with van der Waals surface area (Å²) in [6, 6.07) is 6.27. The molecule has 1 saturated heterocycles. The molecule has 1 aliphatic heterocycles. The molecule has 134 valence electrons. The van der Waals surface area contributed by atoms with Gasteiger partial charge in [0.1, 0.15) is 44.2 Å². The highest BCUT2D eigenvalue weighted by molar-refractivity contribution is 5.38. The Hall–Kier alpha value is -1.36. The van der Waals surface area contributed by atoms with Gasteiger partial charge in [0.05, 0.1) is 13.2 Å². The highest BCUT2D eigenvalue weighted by Crippen LogP contribution is 2.20. The molecule has 0 spiro atoms. The Morgan fingerprint density at radius 3 is 2.67 bits per heavy atom. The quantitative estimate of drug-likeness (QED) is 0.552. The summed E-state index contributed by atoms with van der Waals surface area (Å²) in [6.45, 7) is 15.3. The maximum absolute atomic E-state index is 5.87. The maximum Gasteiger partial charge on any atom is 0.122 e. The summed E-state index contributed by atoms with van der Waals surface area (Å²) < 4.78 is 17.4. The Kier molecular flexibility index (Phi) is 7.76. The molecule has 1 aromatic carbocycles. The Balaban J connectivity index is 1.64. The molecule has 1 aromatic rings. The molecule has 1 fully saturated rings. The van der Waals surface area contributed by atoms with E-state index in [0.29, 0.717) is 25.4 Å². The lowest BCUT2D eigenvalue weighted by molar-refractivity contribution is -0.915. The number of morpholine rings is 1. The lowest BCUT2D eigenvalue weighted by Crippen LogP contribution is -3.15. The monoisotopic (exact) mass is 334 g/mol. The lowest BCUT2D eigenvalue weighted by Gasteiger charge is -2.32. The molecule has 1 aliphatic rings. The largest absolute Gasteiger partial charge is 0.491 e. The number of ether oxygens (including phenoxy) is 3. The van der Waals surface area contributed by atoms with Crippen molar-refractivity contribution >= 4 is 0 Å². The second-order valence-electron chi connectivity index (χ2n) is 6.73. The summed E-state index contributed by atoms with van der Waals surface area (Å²) in [5.41, 5.74) is 2.43. The summed E-state index contributed by atoms with van der Waals surface area (Å²) in [6.07, 6.45) is 3.42. The van der Waals surface area contributed by atoms with Crippen molar-refractivity contribution in [3.8, 4) is 5.75 Å². The molecule has 0 unspecified atom stereocenters. The molecule has 0 amide bonds. The van der Waals surface area contributed by atoms with Gasteiger partial charge in [0.15, 0.2) is 0 Å². The first-order chi connectivity index (χ1) is 11.6. The minimum atomic E-state index is 0.344. The third kappa shape index (κ3) is 6.27. The van der Waals surface area contributed by atoms with Gasteiger partial charge < -0.3 is 19.1 Å². The molecular weight excluding hydrogens is 302 g/mol. The topological polar surface area (TPSA) is 32.1 Å². The summed E-state index contributed by atoms with van der Waals surface area (Å²) in [5.74, 6) is 0.936. The first-order valence-electron chi connectivity index (χ1n) is 8.98. The van der Waals surface area contributed by atoms with Gasteiger partial charge in [0.2, 0.25) is 0 Å². The Bertz CT molecular complexity index is 508. The second kappa shape index (κ2) is 9.82. The fourth-order valence-corrected chi connectivity index (χ4v) is 3.29. The Morgan fingerprint density at radius 2 is 1.96 bits per heavy atom. The first-order valence-corrected chi connectivity index (χ1v) is 8.98. The van der Waals surface area contributed by atoms with Gasteiger partial charge in [0.25, 0.3) is 0 Å². The van der Waals surface area contributed by atoms with E-state index in [9.17, 15) is 0 Å². The molecule has 0 saturated carbocycles. The van der Waals surface area contributed by atoms with Gasteiger partial charge in [-0.15, -0.1) is 6.58 Å². The molecule has 1 heterocycles. The van der Waals surface area contributed by atoms with Crippen LogP contribution in [0.2, 0.25) is 0 Å². The van der Waals surface area contributed by atoms with Crippen molar-refractivity contribution < 1.29 is 19.1 Å². The van der Waals surface area contributed by atoms with Crippen molar-refractivity contribution in [3.05, 3.63) is 42.0 Å². The number of nitrogens with one attached hydrogen (secondary N) is 1. The van der Waals surface area contributed by atoms with E-state index < -0.39 is 0 Å². The third-order valence-electron chi connectivity index (χ3n) is 4.28. The van der Waals surface area contributed by atoms with Crippen molar-refractivity contribution in [1.29, 1.82) is 0 Å². The lowest BCUT2D eigenvalue weighted by atomic mass is 10.1. The van der Waals surface area contributed by atoms with Crippen LogP contribution >= 0.6 is 0 Å². The molecule has 24 heavy (non-hydrogen) atoms. The molecule has 0 radical (unpaired) electrons. The number of rotatable bonds is 9. The van der Waals surface area contributed by atoms with Crippen molar-refractivity contribution in [2.45, 2.75) is 39.4 Å². The number of hydrogen-bond donors (Lipinski definition) is 1.